The van der Waals surface area contributed by atoms with Gasteiger partial charge < -0.3 is 11.1 Å². The van der Waals surface area contributed by atoms with Crippen LogP contribution in [0.1, 0.15) is 45.2 Å². The van der Waals surface area contributed by atoms with Crippen LogP contribution in [0.25, 0.3) is 0 Å². The number of carbonyl (C=O) groups is 1. The number of carbonyl (C=O) groups excluding carboxylic acids is 1. The maximum atomic E-state index is 12.0. The highest BCUT2D eigenvalue weighted by molar-refractivity contribution is 5.85. The van der Waals surface area contributed by atoms with Gasteiger partial charge in [0.2, 0.25) is 5.91 Å². The molecule has 3 N–H and O–H groups in total. The molecule has 0 bridgehead atoms. The standard InChI is InChI=1S/C17H28N2O.ClH/c1-12(2)10-15(18)16(20)19-11-17(4,5)14-8-6-13(3)7-9-14;/h6-9,12,15H,10-11,18H2,1-5H3,(H,19,20);1H/t15-;/m0./s1. The summed E-state index contributed by atoms with van der Waals surface area (Å²) in [6, 6.07) is 8.03. The molecule has 0 unspecified atom stereocenters. The van der Waals surface area contributed by atoms with Crippen molar-refractivity contribution in [2.24, 2.45) is 11.7 Å². The van der Waals surface area contributed by atoms with E-state index < -0.39 is 6.04 Å². The number of amides is 1. The van der Waals surface area contributed by atoms with Gasteiger partial charge in [0.25, 0.3) is 0 Å². The molecule has 0 spiro atoms. The number of hydrogen-bond donors (Lipinski definition) is 2. The Morgan fingerprint density at radius 3 is 2.24 bits per heavy atom. The van der Waals surface area contributed by atoms with Gasteiger partial charge in [0.15, 0.2) is 0 Å². The molecule has 1 aromatic carbocycles. The number of nitrogens with two attached hydrogens (primary N) is 1. The van der Waals surface area contributed by atoms with E-state index >= 15 is 0 Å². The van der Waals surface area contributed by atoms with Crippen molar-refractivity contribution in [2.45, 2.75) is 52.5 Å². The van der Waals surface area contributed by atoms with Crippen LogP contribution in [0.2, 0.25) is 0 Å². The fraction of sp³-hybridized carbons (Fsp3) is 0.588. The smallest absolute Gasteiger partial charge is 0.236 e. The Morgan fingerprint density at radius 2 is 1.76 bits per heavy atom. The first-order valence-corrected chi connectivity index (χ1v) is 7.33. The first-order valence-electron chi connectivity index (χ1n) is 7.33. The Kier molecular flexibility index (Phi) is 7.98. The van der Waals surface area contributed by atoms with Crippen LogP contribution >= 0.6 is 12.4 Å². The van der Waals surface area contributed by atoms with Crippen molar-refractivity contribution < 1.29 is 4.79 Å². The fourth-order valence-corrected chi connectivity index (χ4v) is 2.16. The van der Waals surface area contributed by atoms with Crippen LogP contribution in [0.5, 0.6) is 0 Å². The van der Waals surface area contributed by atoms with E-state index in [9.17, 15) is 4.79 Å². The molecule has 3 nitrogen and oxygen atoms in total. The first kappa shape index (κ1) is 19.9. The Labute approximate surface area is 135 Å². The van der Waals surface area contributed by atoms with Crippen LogP contribution in [-0.2, 0) is 10.2 Å². The molecule has 0 aromatic heterocycles. The van der Waals surface area contributed by atoms with E-state index in [2.05, 4.69) is 64.2 Å². The molecule has 0 saturated carbocycles. The van der Waals surface area contributed by atoms with Crippen LogP contribution < -0.4 is 11.1 Å². The largest absolute Gasteiger partial charge is 0.354 e. The lowest BCUT2D eigenvalue weighted by molar-refractivity contribution is -0.122. The molecule has 0 heterocycles. The number of benzene rings is 1. The molecule has 21 heavy (non-hydrogen) atoms. The summed E-state index contributed by atoms with van der Waals surface area (Å²) in [4.78, 5) is 12.0. The van der Waals surface area contributed by atoms with Crippen LogP contribution in [0.4, 0.5) is 0 Å². The molecule has 0 aliphatic carbocycles. The van der Waals surface area contributed by atoms with E-state index in [-0.39, 0.29) is 23.7 Å². The van der Waals surface area contributed by atoms with Crippen molar-refractivity contribution >= 4 is 18.3 Å². The average molecular weight is 313 g/mol. The van der Waals surface area contributed by atoms with Gasteiger partial charge in [-0.1, -0.05) is 57.5 Å². The molecule has 1 rings (SSSR count). The minimum absolute atomic E-state index is 0. The summed E-state index contributed by atoms with van der Waals surface area (Å²) in [7, 11) is 0. The third kappa shape index (κ3) is 6.49. The minimum atomic E-state index is -0.413. The van der Waals surface area contributed by atoms with Gasteiger partial charge in [-0.15, -0.1) is 12.4 Å². The lowest BCUT2D eigenvalue weighted by atomic mass is 9.84. The predicted molar refractivity (Wildman–Crippen MR) is 91.9 cm³/mol. The summed E-state index contributed by atoms with van der Waals surface area (Å²) < 4.78 is 0. The van der Waals surface area contributed by atoms with E-state index in [0.29, 0.717) is 12.5 Å². The van der Waals surface area contributed by atoms with Gasteiger partial charge >= 0.3 is 0 Å². The Morgan fingerprint density at radius 1 is 1.24 bits per heavy atom. The number of hydrogen-bond acceptors (Lipinski definition) is 2. The van der Waals surface area contributed by atoms with Gasteiger partial charge in [-0.2, -0.15) is 0 Å². The van der Waals surface area contributed by atoms with E-state index in [1.165, 1.54) is 11.1 Å². The molecular formula is C17H29ClN2O. The third-order valence-corrected chi connectivity index (χ3v) is 3.60. The summed E-state index contributed by atoms with van der Waals surface area (Å²) in [6.45, 7) is 11.1. The Hall–Kier alpha value is -1.06. The Bertz CT molecular complexity index is 441. The van der Waals surface area contributed by atoms with Crippen molar-refractivity contribution in [1.82, 2.24) is 5.32 Å². The summed E-state index contributed by atoms with van der Waals surface area (Å²) in [5.74, 6) is 0.375. The normalized spacial score (nSPS) is 12.7. The topological polar surface area (TPSA) is 55.1 Å². The van der Waals surface area contributed by atoms with Crippen LogP contribution in [0.15, 0.2) is 24.3 Å². The summed E-state index contributed by atoms with van der Waals surface area (Å²) >= 11 is 0. The summed E-state index contributed by atoms with van der Waals surface area (Å²) in [5.41, 5.74) is 8.26. The number of nitrogens with one attached hydrogen (secondary N) is 1. The van der Waals surface area contributed by atoms with Gasteiger partial charge in [-0.25, -0.2) is 0 Å². The minimum Gasteiger partial charge on any atom is -0.354 e. The Balaban J connectivity index is 0.00000400. The maximum Gasteiger partial charge on any atom is 0.236 e. The maximum absolute atomic E-state index is 12.0. The van der Waals surface area contributed by atoms with Gasteiger partial charge in [0.05, 0.1) is 6.04 Å². The second-order valence-corrected chi connectivity index (χ2v) is 6.70. The zero-order chi connectivity index (χ0) is 15.3. The molecular weight excluding hydrogens is 284 g/mol. The monoisotopic (exact) mass is 312 g/mol. The highest BCUT2D eigenvalue weighted by atomic mass is 35.5. The second kappa shape index (κ2) is 8.40. The lowest BCUT2D eigenvalue weighted by Gasteiger charge is -2.27. The molecule has 1 atom stereocenters. The molecule has 0 fully saturated rings. The van der Waals surface area contributed by atoms with Crippen molar-refractivity contribution in [3.8, 4) is 0 Å². The third-order valence-electron chi connectivity index (χ3n) is 3.60. The molecule has 120 valence electrons. The van der Waals surface area contributed by atoms with Crippen LogP contribution in [0, 0.1) is 12.8 Å². The molecule has 0 aliphatic heterocycles. The van der Waals surface area contributed by atoms with Crippen LogP contribution in [-0.4, -0.2) is 18.5 Å². The van der Waals surface area contributed by atoms with Crippen molar-refractivity contribution in [3.05, 3.63) is 35.4 Å². The van der Waals surface area contributed by atoms with Gasteiger partial charge in [0, 0.05) is 12.0 Å². The molecule has 0 saturated heterocycles. The van der Waals surface area contributed by atoms with E-state index in [0.717, 1.165) is 6.42 Å². The van der Waals surface area contributed by atoms with Crippen LogP contribution in [0.3, 0.4) is 0 Å². The highest BCUT2D eigenvalue weighted by Crippen LogP contribution is 2.22. The first-order chi connectivity index (χ1) is 9.22. The number of aryl methyl sites for hydroxylation is 1. The number of rotatable bonds is 6. The average Bonchev–Trinajstić information content (AvgIpc) is 2.35. The molecule has 1 aromatic rings. The molecule has 1 amide bonds. The van der Waals surface area contributed by atoms with Gasteiger partial charge in [0.1, 0.15) is 0 Å². The zero-order valence-electron chi connectivity index (χ0n) is 13.8. The van der Waals surface area contributed by atoms with Gasteiger partial charge in [-0.3, -0.25) is 4.79 Å². The highest BCUT2D eigenvalue weighted by Gasteiger charge is 2.23. The van der Waals surface area contributed by atoms with Crippen molar-refractivity contribution in [3.63, 3.8) is 0 Å². The lowest BCUT2D eigenvalue weighted by Crippen LogP contribution is -2.45. The van der Waals surface area contributed by atoms with Crippen molar-refractivity contribution in [2.75, 3.05) is 6.54 Å². The quantitative estimate of drug-likeness (QED) is 0.847. The SMILES string of the molecule is Cc1ccc(C(C)(C)CNC(=O)[C@@H](N)CC(C)C)cc1.Cl. The van der Waals surface area contributed by atoms with E-state index in [1.807, 2.05) is 0 Å². The fourth-order valence-electron chi connectivity index (χ4n) is 2.16. The molecule has 0 radical (unpaired) electrons. The summed E-state index contributed by atoms with van der Waals surface area (Å²) in [6.07, 6.45) is 0.719. The zero-order valence-corrected chi connectivity index (χ0v) is 14.6. The van der Waals surface area contributed by atoms with E-state index in [1.54, 1.807) is 0 Å². The number of halogens is 1. The second-order valence-electron chi connectivity index (χ2n) is 6.70. The summed E-state index contributed by atoms with van der Waals surface area (Å²) in [5, 5.41) is 2.98. The van der Waals surface area contributed by atoms with Crippen molar-refractivity contribution in [1.29, 1.82) is 0 Å². The van der Waals surface area contributed by atoms with Gasteiger partial charge in [-0.05, 0) is 24.8 Å². The molecule has 4 heteroatoms. The van der Waals surface area contributed by atoms with E-state index in [4.69, 9.17) is 5.73 Å². The molecule has 0 aliphatic rings. The predicted octanol–water partition coefficient (Wildman–Crippen LogP) is 3.18.